The number of nitrogens with zero attached hydrogens (tertiary/aromatic N) is 2. The summed E-state index contributed by atoms with van der Waals surface area (Å²) in [6, 6.07) is 4.33. The number of nitrogens with two attached hydrogens (primary N) is 1. The van der Waals surface area contributed by atoms with Gasteiger partial charge in [-0.2, -0.15) is 5.10 Å². The predicted molar refractivity (Wildman–Crippen MR) is 67.0 cm³/mol. The van der Waals surface area contributed by atoms with Crippen molar-refractivity contribution in [1.82, 2.24) is 9.78 Å². The number of aryl methyl sites for hydroxylation is 2. The monoisotopic (exact) mass is 249 g/mol. The molecule has 2 rings (SSSR count). The second-order valence-electron chi connectivity index (χ2n) is 4.18. The van der Waals surface area contributed by atoms with Crippen molar-refractivity contribution in [1.29, 1.82) is 0 Å². The van der Waals surface area contributed by atoms with Crippen LogP contribution in [0.3, 0.4) is 0 Å². The lowest BCUT2D eigenvalue weighted by atomic mass is 10.2. The molecule has 0 aliphatic carbocycles. The minimum absolute atomic E-state index is 0.228. The topological polar surface area (TPSA) is 53.1 Å². The Kier molecular flexibility index (Phi) is 3.34. The predicted octanol–water partition coefficient (Wildman–Crippen LogP) is 2.43. The first-order chi connectivity index (χ1) is 8.52. The van der Waals surface area contributed by atoms with E-state index in [1.807, 2.05) is 20.9 Å². The molecule has 0 bridgehead atoms. The highest BCUT2D eigenvalue weighted by atomic mass is 19.1. The molecule has 96 valence electrons. The smallest absolute Gasteiger partial charge is 0.171 e. The van der Waals surface area contributed by atoms with E-state index in [0.717, 1.165) is 11.4 Å². The fourth-order valence-corrected chi connectivity index (χ4v) is 1.82. The summed E-state index contributed by atoms with van der Waals surface area (Å²) in [7, 11) is 1.85. The Morgan fingerprint density at radius 2 is 2.11 bits per heavy atom. The van der Waals surface area contributed by atoms with Gasteiger partial charge in [0.15, 0.2) is 5.75 Å². The standard InChI is InChI=1S/C13H16FN3O/c1-8-13(9(2)17(3)16-8)18-12-5-4-11(14)6-10(12)7-15/h4-6H,7,15H2,1-3H3. The molecule has 2 N–H and O–H groups in total. The van der Waals surface area contributed by atoms with Gasteiger partial charge < -0.3 is 10.5 Å². The lowest BCUT2D eigenvalue weighted by Crippen LogP contribution is -2.01. The van der Waals surface area contributed by atoms with E-state index in [0.29, 0.717) is 17.1 Å². The Morgan fingerprint density at radius 1 is 1.39 bits per heavy atom. The van der Waals surface area contributed by atoms with Gasteiger partial charge in [-0.1, -0.05) is 0 Å². The third-order valence-corrected chi connectivity index (χ3v) is 2.90. The molecular weight excluding hydrogens is 233 g/mol. The van der Waals surface area contributed by atoms with E-state index in [1.165, 1.54) is 12.1 Å². The summed E-state index contributed by atoms with van der Waals surface area (Å²) in [4.78, 5) is 0. The highest BCUT2D eigenvalue weighted by Gasteiger charge is 2.13. The van der Waals surface area contributed by atoms with Crippen LogP contribution in [0.1, 0.15) is 17.0 Å². The van der Waals surface area contributed by atoms with Crippen molar-refractivity contribution >= 4 is 0 Å². The van der Waals surface area contributed by atoms with Gasteiger partial charge in [-0.05, 0) is 32.0 Å². The fraction of sp³-hybridized carbons (Fsp3) is 0.308. The number of hydrogen-bond donors (Lipinski definition) is 1. The lowest BCUT2D eigenvalue weighted by molar-refractivity contribution is 0.466. The maximum absolute atomic E-state index is 13.1. The molecule has 1 aromatic heterocycles. The number of halogens is 1. The van der Waals surface area contributed by atoms with Crippen molar-refractivity contribution < 1.29 is 9.13 Å². The van der Waals surface area contributed by atoms with Gasteiger partial charge in [0, 0.05) is 19.2 Å². The molecule has 0 spiro atoms. The molecule has 0 amide bonds. The van der Waals surface area contributed by atoms with Crippen molar-refractivity contribution in [3.8, 4) is 11.5 Å². The zero-order chi connectivity index (χ0) is 13.3. The zero-order valence-corrected chi connectivity index (χ0v) is 10.7. The molecule has 0 radical (unpaired) electrons. The molecule has 0 fully saturated rings. The van der Waals surface area contributed by atoms with E-state index in [-0.39, 0.29) is 12.4 Å². The van der Waals surface area contributed by atoms with Gasteiger partial charge in [-0.25, -0.2) is 4.39 Å². The summed E-state index contributed by atoms with van der Waals surface area (Å²) in [5, 5.41) is 4.27. The Balaban J connectivity index is 2.39. The maximum Gasteiger partial charge on any atom is 0.171 e. The van der Waals surface area contributed by atoms with E-state index in [9.17, 15) is 4.39 Å². The second-order valence-corrected chi connectivity index (χ2v) is 4.18. The highest BCUT2D eigenvalue weighted by molar-refractivity contribution is 5.41. The molecule has 1 aromatic carbocycles. The quantitative estimate of drug-likeness (QED) is 0.908. The average molecular weight is 249 g/mol. The highest BCUT2D eigenvalue weighted by Crippen LogP contribution is 2.30. The SMILES string of the molecule is Cc1nn(C)c(C)c1Oc1ccc(F)cc1CN. The van der Waals surface area contributed by atoms with Crippen LogP contribution >= 0.6 is 0 Å². The lowest BCUT2D eigenvalue weighted by Gasteiger charge is -2.10. The largest absolute Gasteiger partial charge is 0.453 e. The normalized spacial score (nSPS) is 10.7. The Bertz CT molecular complexity index is 578. The van der Waals surface area contributed by atoms with Gasteiger partial charge in [-0.3, -0.25) is 4.68 Å². The maximum atomic E-state index is 13.1. The molecule has 0 aliphatic rings. The molecule has 0 saturated heterocycles. The summed E-state index contributed by atoms with van der Waals surface area (Å²) >= 11 is 0. The summed E-state index contributed by atoms with van der Waals surface area (Å²) in [6.07, 6.45) is 0. The summed E-state index contributed by atoms with van der Waals surface area (Å²) in [5.41, 5.74) is 7.93. The molecule has 0 aliphatic heterocycles. The van der Waals surface area contributed by atoms with Crippen LogP contribution in [0.2, 0.25) is 0 Å². The van der Waals surface area contributed by atoms with Crippen LogP contribution in [0.5, 0.6) is 11.5 Å². The van der Waals surface area contributed by atoms with Crippen LogP contribution in [0.15, 0.2) is 18.2 Å². The van der Waals surface area contributed by atoms with Crippen LogP contribution in [-0.4, -0.2) is 9.78 Å². The first-order valence-electron chi connectivity index (χ1n) is 5.69. The number of rotatable bonds is 3. The number of benzene rings is 1. The average Bonchev–Trinajstić information content (AvgIpc) is 2.58. The third kappa shape index (κ3) is 2.22. The second kappa shape index (κ2) is 4.78. The van der Waals surface area contributed by atoms with Crippen molar-refractivity contribution in [2.75, 3.05) is 0 Å². The van der Waals surface area contributed by atoms with Crippen LogP contribution < -0.4 is 10.5 Å². The van der Waals surface area contributed by atoms with Crippen molar-refractivity contribution in [2.45, 2.75) is 20.4 Å². The van der Waals surface area contributed by atoms with Crippen molar-refractivity contribution in [3.05, 3.63) is 41.0 Å². The first-order valence-corrected chi connectivity index (χ1v) is 5.69. The van der Waals surface area contributed by atoms with E-state index in [4.69, 9.17) is 10.5 Å². The minimum atomic E-state index is -0.317. The Labute approximate surface area is 105 Å². The van der Waals surface area contributed by atoms with Gasteiger partial charge >= 0.3 is 0 Å². The Hall–Kier alpha value is -1.88. The van der Waals surface area contributed by atoms with Gasteiger partial charge in [0.1, 0.15) is 17.3 Å². The van der Waals surface area contributed by atoms with Gasteiger partial charge in [0.05, 0.1) is 5.69 Å². The molecule has 18 heavy (non-hydrogen) atoms. The molecule has 0 atom stereocenters. The van der Waals surface area contributed by atoms with E-state index >= 15 is 0 Å². The van der Waals surface area contributed by atoms with E-state index in [2.05, 4.69) is 5.10 Å². The molecular formula is C13H16FN3O. The molecule has 2 aromatic rings. The fourth-order valence-electron chi connectivity index (χ4n) is 1.82. The molecule has 0 saturated carbocycles. The molecule has 4 nitrogen and oxygen atoms in total. The van der Waals surface area contributed by atoms with Crippen LogP contribution in [-0.2, 0) is 13.6 Å². The van der Waals surface area contributed by atoms with Crippen LogP contribution in [0, 0.1) is 19.7 Å². The summed E-state index contributed by atoms with van der Waals surface area (Å²) in [5.74, 6) is 0.944. The third-order valence-electron chi connectivity index (χ3n) is 2.90. The number of ether oxygens (including phenoxy) is 1. The Morgan fingerprint density at radius 3 is 2.67 bits per heavy atom. The zero-order valence-electron chi connectivity index (χ0n) is 10.7. The van der Waals surface area contributed by atoms with Crippen LogP contribution in [0.4, 0.5) is 4.39 Å². The van der Waals surface area contributed by atoms with Gasteiger partial charge in [-0.15, -0.1) is 0 Å². The molecule has 0 unspecified atom stereocenters. The summed E-state index contributed by atoms with van der Waals surface area (Å²) < 4.78 is 20.7. The van der Waals surface area contributed by atoms with E-state index in [1.54, 1.807) is 10.7 Å². The van der Waals surface area contributed by atoms with E-state index < -0.39 is 0 Å². The minimum Gasteiger partial charge on any atom is -0.453 e. The number of hydrogen-bond acceptors (Lipinski definition) is 3. The van der Waals surface area contributed by atoms with Gasteiger partial charge in [0.2, 0.25) is 0 Å². The van der Waals surface area contributed by atoms with Crippen molar-refractivity contribution in [3.63, 3.8) is 0 Å². The number of aromatic nitrogens is 2. The first kappa shape index (κ1) is 12.6. The molecule has 1 heterocycles. The summed E-state index contributed by atoms with van der Waals surface area (Å²) in [6.45, 7) is 4.01. The van der Waals surface area contributed by atoms with Gasteiger partial charge in [0.25, 0.3) is 0 Å². The molecule has 5 heteroatoms. The van der Waals surface area contributed by atoms with Crippen molar-refractivity contribution in [2.24, 2.45) is 12.8 Å². The van der Waals surface area contributed by atoms with Crippen LogP contribution in [0.25, 0.3) is 0 Å².